The number of nitrogens with one attached hydrogen (secondary N) is 1. The first-order chi connectivity index (χ1) is 8.70. The number of ether oxygens (including phenoxy) is 1. The Morgan fingerprint density at radius 3 is 2.78 bits per heavy atom. The number of H-pyrrole nitrogens is 1. The summed E-state index contributed by atoms with van der Waals surface area (Å²) in [6.45, 7) is 0. The van der Waals surface area contributed by atoms with Crippen molar-refractivity contribution in [1.82, 2.24) is 4.98 Å². The highest BCUT2D eigenvalue weighted by Crippen LogP contribution is 2.40. The van der Waals surface area contributed by atoms with Crippen molar-refractivity contribution in [2.24, 2.45) is 0 Å². The standard InChI is InChI=1S/C14H15NO3/c1-18-9-5-6-11-10(7-9)12(14(16)17)13(15-11)8-3-2-4-8/h5-8,15H,2-4H2,1H3,(H,16,17). The molecule has 2 N–H and O–H groups in total. The molecule has 0 atom stereocenters. The monoisotopic (exact) mass is 245 g/mol. The number of aromatic nitrogens is 1. The number of benzene rings is 1. The summed E-state index contributed by atoms with van der Waals surface area (Å²) < 4.78 is 5.16. The summed E-state index contributed by atoms with van der Waals surface area (Å²) in [4.78, 5) is 14.7. The van der Waals surface area contributed by atoms with Crippen molar-refractivity contribution in [3.63, 3.8) is 0 Å². The summed E-state index contributed by atoms with van der Waals surface area (Å²) >= 11 is 0. The maximum absolute atomic E-state index is 11.5. The lowest BCUT2D eigenvalue weighted by Crippen LogP contribution is -2.13. The molecule has 0 unspecified atom stereocenters. The van der Waals surface area contributed by atoms with Crippen molar-refractivity contribution >= 4 is 16.9 Å². The van der Waals surface area contributed by atoms with Gasteiger partial charge in [-0.15, -0.1) is 0 Å². The Kier molecular flexibility index (Phi) is 2.51. The number of hydrogen-bond donors (Lipinski definition) is 2. The molecule has 2 aromatic rings. The van der Waals surface area contributed by atoms with Gasteiger partial charge >= 0.3 is 5.97 Å². The van der Waals surface area contributed by atoms with Crippen LogP contribution in [0.4, 0.5) is 0 Å². The average molecular weight is 245 g/mol. The van der Waals surface area contributed by atoms with Crippen LogP contribution in [0.5, 0.6) is 5.75 Å². The summed E-state index contributed by atoms with van der Waals surface area (Å²) in [5, 5.41) is 10.2. The van der Waals surface area contributed by atoms with Crippen LogP contribution in [0.2, 0.25) is 0 Å². The zero-order valence-electron chi connectivity index (χ0n) is 10.2. The third-order valence-corrected chi connectivity index (χ3v) is 3.76. The molecule has 0 radical (unpaired) electrons. The molecular weight excluding hydrogens is 230 g/mol. The number of hydrogen-bond acceptors (Lipinski definition) is 2. The van der Waals surface area contributed by atoms with Gasteiger partial charge in [-0.2, -0.15) is 0 Å². The quantitative estimate of drug-likeness (QED) is 0.873. The molecule has 4 heteroatoms. The summed E-state index contributed by atoms with van der Waals surface area (Å²) in [6.07, 6.45) is 3.33. The van der Waals surface area contributed by atoms with Crippen LogP contribution in [0, 0.1) is 0 Å². The molecule has 0 amide bonds. The lowest BCUT2D eigenvalue weighted by molar-refractivity contribution is 0.0696. The van der Waals surface area contributed by atoms with Gasteiger partial charge in [-0.05, 0) is 37.0 Å². The van der Waals surface area contributed by atoms with E-state index in [1.807, 2.05) is 12.1 Å². The number of carbonyl (C=O) groups is 1. The molecule has 1 aromatic heterocycles. The lowest BCUT2D eigenvalue weighted by atomic mass is 9.81. The van der Waals surface area contributed by atoms with E-state index in [-0.39, 0.29) is 0 Å². The lowest BCUT2D eigenvalue weighted by Gasteiger charge is -2.24. The minimum atomic E-state index is -0.864. The highest BCUT2D eigenvalue weighted by Gasteiger charge is 2.28. The van der Waals surface area contributed by atoms with Crippen molar-refractivity contribution in [2.45, 2.75) is 25.2 Å². The van der Waals surface area contributed by atoms with E-state index in [1.54, 1.807) is 13.2 Å². The van der Waals surface area contributed by atoms with Crippen LogP contribution in [0.25, 0.3) is 10.9 Å². The Hall–Kier alpha value is -1.97. The van der Waals surface area contributed by atoms with E-state index in [4.69, 9.17) is 4.74 Å². The van der Waals surface area contributed by atoms with Crippen molar-refractivity contribution < 1.29 is 14.6 Å². The van der Waals surface area contributed by atoms with Crippen LogP contribution in [0.15, 0.2) is 18.2 Å². The second kappa shape index (κ2) is 4.05. The van der Waals surface area contributed by atoms with E-state index in [9.17, 15) is 9.90 Å². The SMILES string of the molecule is COc1ccc2[nH]c(C3CCC3)c(C(=O)O)c2c1. The topological polar surface area (TPSA) is 62.3 Å². The van der Waals surface area contributed by atoms with Gasteiger partial charge in [0.1, 0.15) is 5.75 Å². The van der Waals surface area contributed by atoms with E-state index < -0.39 is 5.97 Å². The van der Waals surface area contributed by atoms with Gasteiger partial charge in [-0.3, -0.25) is 0 Å². The van der Waals surface area contributed by atoms with Crippen LogP contribution in [-0.2, 0) is 0 Å². The number of methoxy groups -OCH3 is 1. The number of carboxylic acid groups (broad SMARTS) is 1. The van der Waals surface area contributed by atoms with Gasteiger partial charge < -0.3 is 14.8 Å². The minimum absolute atomic E-state index is 0.370. The highest BCUT2D eigenvalue weighted by molar-refractivity contribution is 6.05. The van der Waals surface area contributed by atoms with E-state index >= 15 is 0 Å². The number of carboxylic acids is 1. The molecule has 1 heterocycles. The summed E-state index contributed by atoms with van der Waals surface area (Å²) in [6, 6.07) is 5.51. The molecule has 18 heavy (non-hydrogen) atoms. The fourth-order valence-corrected chi connectivity index (χ4v) is 2.55. The number of aromatic amines is 1. The van der Waals surface area contributed by atoms with Gasteiger partial charge in [0.2, 0.25) is 0 Å². The molecule has 0 aliphatic heterocycles. The van der Waals surface area contributed by atoms with Gasteiger partial charge in [0.25, 0.3) is 0 Å². The fraction of sp³-hybridized carbons (Fsp3) is 0.357. The molecule has 94 valence electrons. The molecule has 3 rings (SSSR count). The Balaban J connectivity index is 2.22. The third-order valence-electron chi connectivity index (χ3n) is 3.76. The van der Waals surface area contributed by atoms with E-state index in [0.717, 1.165) is 29.4 Å². The first-order valence-corrected chi connectivity index (χ1v) is 6.13. The molecule has 1 aliphatic rings. The van der Waals surface area contributed by atoms with Crippen LogP contribution in [0.3, 0.4) is 0 Å². The third kappa shape index (κ3) is 1.56. The second-order valence-corrected chi connectivity index (χ2v) is 4.76. The Bertz CT molecular complexity index is 611. The fourth-order valence-electron chi connectivity index (χ4n) is 2.55. The first kappa shape index (κ1) is 11.1. The first-order valence-electron chi connectivity index (χ1n) is 6.13. The van der Waals surface area contributed by atoms with Gasteiger partial charge in [-0.25, -0.2) is 4.79 Å². The minimum Gasteiger partial charge on any atom is -0.497 e. The van der Waals surface area contributed by atoms with Gasteiger partial charge in [0, 0.05) is 16.6 Å². The summed E-state index contributed by atoms with van der Waals surface area (Å²) in [7, 11) is 1.58. The molecule has 1 aromatic carbocycles. The maximum Gasteiger partial charge on any atom is 0.338 e. The van der Waals surface area contributed by atoms with Crippen LogP contribution in [-0.4, -0.2) is 23.2 Å². The largest absolute Gasteiger partial charge is 0.497 e. The van der Waals surface area contributed by atoms with E-state index in [1.165, 1.54) is 6.42 Å². The van der Waals surface area contributed by atoms with Crippen molar-refractivity contribution in [1.29, 1.82) is 0 Å². The number of fused-ring (bicyclic) bond motifs is 1. The van der Waals surface area contributed by atoms with Crippen LogP contribution < -0.4 is 4.74 Å². The van der Waals surface area contributed by atoms with Gasteiger partial charge in [0.05, 0.1) is 12.7 Å². The zero-order valence-corrected chi connectivity index (χ0v) is 10.2. The molecule has 0 spiro atoms. The smallest absolute Gasteiger partial charge is 0.338 e. The number of aromatic carboxylic acids is 1. The molecule has 0 saturated heterocycles. The normalized spacial score (nSPS) is 15.6. The van der Waals surface area contributed by atoms with Crippen LogP contribution >= 0.6 is 0 Å². The van der Waals surface area contributed by atoms with E-state index in [0.29, 0.717) is 17.2 Å². The van der Waals surface area contributed by atoms with Gasteiger partial charge in [-0.1, -0.05) is 6.42 Å². The molecule has 1 saturated carbocycles. The second-order valence-electron chi connectivity index (χ2n) is 4.76. The Labute approximate surface area is 105 Å². The summed E-state index contributed by atoms with van der Waals surface area (Å²) in [5.74, 6) is 0.190. The van der Waals surface area contributed by atoms with Crippen molar-refractivity contribution in [2.75, 3.05) is 7.11 Å². The van der Waals surface area contributed by atoms with Crippen LogP contribution in [0.1, 0.15) is 41.2 Å². The predicted molar refractivity (Wildman–Crippen MR) is 68.4 cm³/mol. The average Bonchev–Trinajstić information content (AvgIpc) is 2.63. The van der Waals surface area contributed by atoms with Crippen molar-refractivity contribution in [3.8, 4) is 5.75 Å². The maximum atomic E-state index is 11.5. The zero-order chi connectivity index (χ0) is 12.7. The predicted octanol–water partition coefficient (Wildman–Crippen LogP) is 3.14. The van der Waals surface area contributed by atoms with Gasteiger partial charge in [0.15, 0.2) is 0 Å². The van der Waals surface area contributed by atoms with Crippen molar-refractivity contribution in [3.05, 3.63) is 29.5 Å². The molecule has 1 aliphatic carbocycles. The Morgan fingerprint density at radius 2 is 2.22 bits per heavy atom. The molecule has 4 nitrogen and oxygen atoms in total. The molecule has 1 fully saturated rings. The molecular formula is C14H15NO3. The number of rotatable bonds is 3. The highest BCUT2D eigenvalue weighted by atomic mass is 16.5. The Morgan fingerprint density at radius 1 is 1.44 bits per heavy atom. The molecule has 0 bridgehead atoms. The van der Waals surface area contributed by atoms with E-state index in [2.05, 4.69) is 4.98 Å². The summed E-state index contributed by atoms with van der Waals surface area (Å²) in [5.41, 5.74) is 2.15.